The predicted octanol–water partition coefficient (Wildman–Crippen LogP) is 4.57. The molecule has 0 aliphatic heterocycles. The molecule has 0 heterocycles. The third-order valence-corrected chi connectivity index (χ3v) is 3.40. The van der Waals surface area contributed by atoms with Gasteiger partial charge in [-0.25, -0.2) is 0 Å². The third-order valence-electron chi connectivity index (χ3n) is 3.40. The van der Waals surface area contributed by atoms with Crippen molar-refractivity contribution in [2.75, 3.05) is 13.2 Å². The average Bonchev–Trinajstić information content (AvgIpc) is 2.93. The summed E-state index contributed by atoms with van der Waals surface area (Å²) in [5, 5.41) is 0. The van der Waals surface area contributed by atoms with Crippen molar-refractivity contribution in [3.63, 3.8) is 0 Å². The van der Waals surface area contributed by atoms with E-state index in [9.17, 15) is 0 Å². The van der Waals surface area contributed by atoms with Crippen molar-refractivity contribution in [1.29, 1.82) is 0 Å². The lowest BCUT2D eigenvalue weighted by Crippen LogP contribution is -2.24. The van der Waals surface area contributed by atoms with Gasteiger partial charge in [-0.3, -0.25) is 0 Å². The highest BCUT2D eigenvalue weighted by molar-refractivity contribution is 4.93. The van der Waals surface area contributed by atoms with Gasteiger partial charge in [-0.15, -0.1) is 0 Å². The zero-order valence-electron chi connectivity index (χ0n) is 13.3. The molecule has 2 heteroatoms. The molecular formula is C16H32O2. The second kappa shape index (κ2) is 5.92. The molecule has 0 amide bonds. The van der Waals surface area contributed by atoms with Crippen molar-refractivity contribution in [3.05, 3.63) is 0 Å². The van der Waals surface area contributed by atoms with Gasteiger partial charge in [0.15, 0.2) is 0 Å². The third kappa shape index (κ3) is 7.38. The molecule has 1 rings (SSSR count). The lowest BCUT2D eigenvalue weighted by Gasteiger charge is -2.24. The smallest absolute Gasteiger partial charge is 0.0598 e. The van der Waals surface area contributed by atoms with Crippen molar-refractivity contribution in [2.45, 2.75) is 84.8 Å². The van der Waals surface area contributed by atoms with E-state index in [1.807, 2.05) is 0 Å². The molecule has 0 N–H and O–H groups in total. The Morgan fingerprint density at radius 1 is 0.833 bits per heavy atom. The lowest BCUT2D eigenvalue weighted by atomic mass is 9.99. The van der Waals surface area contributed by atoms with E-state index >= 15 is 0 Å². The van der Waals surface area contributed by atoms with E-state index in [0.29, 0.717) is 5.41 Å². The highest BCUT2D eigenvalue weighted by Gasteiger charge is 2.42. The molecule has 0 aromatic rings. The molecule has 1 saturated carbocycles. The lowest BCUT2D eigenvalue weighted by molar-refractivity contribution is -0.0316. The maximum atomic E-state index is 5.94. The van der Waals surface area contributed by atoms with Crippen LogP contribution < -0.4 is 0 Å². The van der Waals surface area contributed by atoms with Gasteiger partial charge < -0.3 is 9.47 Å². The number of hydrogen-bond donors (Lipinski definition) is 0. The zero-order chi connectivity index (χ0) is 13.9. The molecule has 2 nitrogen and oxygen atoms in total. The van der Waals surface area contributed by atoms with Gasteiger partial charge in [-0.05, 0) is 72.6 Å². The highest BCUT2D eigenvalue weighted by atomic mass is 16.5. The summed E-state index contributed by atoms with van der Waals surface area (Å²) < 4.78 is 11.7. The van der Waals surface area contributed by atoms with Crippen LogP contribution in [0.4, 0.5) is 0 Å². The Kier molecular flexibility index (Phi) is 5.25. The molecule has 0 atom stereocenters. The van der Waals surface area contributed by atoms with Gasteiger partial charge in [0.1, 0.15) is 0 Å². The van der Waals surface area contributed by atoms with Crippen molar-refractivity contribution in [3.8, 4) is 0 Å². The quantitative estimate of drug-likeness (QED) is 0.621. The van der Waals surface area contributed by atoms with Crippen LogP contribution in [0.3, 0.4) is 0 Å². The topological polar surface area (TPSA) is 18.5 Å². The standard InChI is InChI=1S/C16H32O2/c1-14(2,3)17-12-8-7-9-16(10-11-16)13-18-15(4,5)6/h7-13H2,1-6H3. The minimum Gasteiger partial charge on any atom is -0.376 e. The maximum absolute atomic E-state index is 5.94. The molecule has 18 heavy (non-hydrogen) atoms. The molecule has 108 valence electrons. The first-order valence-electron chi connectivity index (χ1n) is 7.40. The zero-order valence-corrected chi connectivity index (χ0v) is 13.3. The summed E-state index contributed by atoms with van der Waals surface area (Å²) in [6.07, 6.45) is 6.45. The fourth-order valence-corrected chi connectivity index (χ4v) is 1.99. The highest BCUT2D eigenvalue weighted by Crippen LogP contribution is 2.50. The van der Waals surface area contributed by atoms with Gasteiger partial charge in [-0.2, -0.15) is 0 Å². The van der Waals surface area contributed by atoms with Gasteiger partial charge in [0.2, 0.25) is 0 Å². The van der Waals surface area contributed by atoms with Crippen LogP contribution in [-0.2, 0) is 9.47 Å². The Morgan fingerprint density at radius 3 is 1.83 bits per heavy atom. The Bertz CT molecular complexity index is 241. The molecule has 0 saturated heterocycles. The van der Waals surface area contributed by atoms with Gasteiger partial charge in [0.05, 0.1) is 17.8 Å². The molecule has 1 aliphatic carbocycles. The van der Waals surface area contributed by atoms with Crippen molar-refractivity contribution >= 4 is 0 Å². The molecule has 0 aromatic carbocycles. The summed E-state index contributed by atoms with van der Waals surface area (Å²) in [5.74, 6) is 0. The minimum absolute atomic E-state index is 0.00490. The second-order valence-corrected chi connectivity index (χ2v) is 7.82. The van der Waals surface area contributed by atoms with Gasteiger partial charge in [-0.1, -0.05) is 6.42 Å². The molecule has 0 aromatic heterocycles. The van der Waals surface area contributed by atoms with Crippen molar-refractivity contribution in [2.24, 2.45) is 5.41 Å². The fourth-order valence-electron chi connectivity index (χ4n) is 1.99. The van der Waals surface area contributed by atoms with E-state index in [-0.39, 0.29) is 11.2 Å². The molecule has 0 spiro atoms. The minimum atomic E-state index is 0.00490. The van der Waals surface area contributed by atoms with Crippen LogP contribution in [0.1, 0.15) is 73.6 Å². The van der Waals surface area contributed by atoms with Crippen LogP contribution in [0.5, 0.6) is 0 Å². The molecule has 0 bridgehead atoms. The molecular weight excluding hydrogens is 224 g/mol. The fraction of sp³-hybridized carbons (Fsp3) is 1.00. The van der Waals surface area contributed by atoms with E-state index in [1.54, 1.807) is 0 Å². The average molecular weight is 256 g/mol. The van der Waals surface area contributed by atoms with Crippen molar-refractivity contribution < 1.29 is 9.47 Å². The van der Waals surface area contributed by atoms with E-state index < -0.39 is 0 Å². The van der Waals surface area contributed by atoms with E-state index in [2.05, 4.69) is 41.5 Å². The number of ether oxygens (including phenoxy) is 2. The molecule has 0 unspecified atom stereocenters. The summed E-state index contributed by atoms with van der Waals surface area (Å²) >= 11 is 0. The normalized spacial score (nSPS) is 19.0. The van der Waals surface area contributed by atoms with Crippen LogP contribution in [0.15, 0.2) is 0 Å². The molecule has 1 fully saturated rings. The summed E-state index contributed by atoms with van der Waals surface area (Å²) in [5.41, 5.74) is 0.520. The Labute approximate surface area is 113 Å². The Hall–Kier alpha value is -0.0800. The monoisotopic (exact) mass is 256 g/mol. The SMILES string of the molecule is CC(C)(C)OCCCCC1(COC(C)(C)C)CC1. The summed E-state index contributed by atoms with van der Waals surface area (Å²) in [7, 11) is 0. The first-order chi connectivity index (χ1) is 8.12. The van der Waals surface area contributed by atoms with E-state index in [4.69, 9.17) is 9.47 Å². The largest absolute Gasteiger partial charge is 0.376 e. The van der Waals surface area contributed by atoms with Crippen LogP contribution in [0.25, 0.3) is 0 Å². The summed E-state index contributed by atoms with van der Waals surface area (Å²) in [6.45, 7) is 14.6. The van der Waals surface area contributed by atoms with Crippen LogP contribution >= 0.6 is 0 Å². The van der Waals surface area contributed by atoms with Gasteiger partial charge >= 0.3 is 0 Å². The summed E-state index contributed by atoms with van der Waals surface area (Å²) in [4.78, 5) is 0. The predicted molar refractivity (Wildman–Crippen MR) is 76.9 cm³/mol. The van der Waals surface area contributed by atoms with Crippen LogP contribution in [0, 0.1) is 5.41 Å². The van der Waals surface area contributed by atoms with Crippen LogP contribution in [0.2, 0.25) is 0 Å². The molecule has 1 aliphatic rings. The Balaban J connectivity index is 2.08. The second-order valence-electron chi connectivity index (χ2n) is 7.82. The maximum Gasteiger partial charge on any atom is 0.0598 e. The molecule has 0 radical (unpaired) electrons. The number of rotatable bonds is 7. The van der Waals surface area contributed by atoms with Gasteiger partial charge in [0.25, 0.3) is 0 Å². The van der Waals surface area contributed by atoms with E-state index in [0.717, 1.165) is 13.2 Å². The summed E-state index contributed by atoms with van der Waals surface area (Å²) in [6, 6.07) is 0. The number of hydrogen-bond acceptors (Lipinski definition) is 2. The number of unbranched alkanes of at least 4 members (excludes halogenated alkanes) is 1. The first-order valence-corrected chi connectivity index (χ1v) is 7.40. The van der Waals surface area contributed by atoms with Crippen LogP contribution in [-0.4, -0.2) is 24.4 Å². The first kappa shape index (κ1) is 16.0. The van der Waals surface area contributed by atoms with Gasteiger partial charge in [0, 0.05) is 6.61 Å². The van der Waals surface area contributed by atoms with Crippen molar-refractivity contribution in [1.82, 2.24) is 0 Å². The Morgan fingerprint density at radius 2 is 1.39 bits per heavy atom. The van der Waals surface area contributed by atoms with E-state index in [1.165, 1.54) is 32.1 Å².